The number of nitrogens with one attached hydrogen (secondary N) is 1. The number of nitro benzene ring substituents is 1. The summed E-state index contributed by atoms with van der Waals surface area (Å²) in [5.41, 5.74) is 1.32. The summed E-state index contributed by atoms with van der Waals surface area (Å²) in [4.78, 5) is 22.3. The van der Waals surface area contributed by atoms with Crippen molar-refractivity contribution in [3.63, 3.8) is 0 Å². The maximum absolute atomic E-state index is 12.5. The number of non-ortho nitro benzene ring substituents is 1. The fourth-order valence-corrected chi connectivity index (χ4v) is 3.71. The number of para-hydroxylation sites is 1. The molecule has 3 aromatic rings. The number of carbonyl (C=O) groups is 1. The van der Waals surface area contributed by atoms with Gasteiger partial charge in [0, 0.05) is 17.8 Å². The van der Waals surface area contributed by atoms with E-state index < -0.39 is 20.9 Å². The largest absolute Gasteiger partial charge is 0.379 e. The number of anilines is 1. The van der Waals surface area contributed by atoms with Crippen LogP contribution in [0.2, 0.25) is 0 Å². The summed E-state index contributed by atoms with van der Waals surface area (Å²) in [7, 11) is -4.26. The summed E-state index contributed by atoms with van der Waals surface area (Å²) < 4.78 is 30.1. The number of rotatable bonds is 7. The zero-order valence-corrected chi connectivity index (χ0v) is 18.1. The lowest BCUT2D eigenvalue weighted by atomic mass is 10.1. The molecule has 10 heteroatoms. The molecule has 0 fully saturated rings. The Morgan fingerprint density at radius 2 is 1.79 bits per heavy atom. The van der Waals surface area contributed by atoms with Crippen molar-refractivity contribution in [3.8, 4) is 11.8 Å². The first kappa shape index (κ1) is 23.2. The molecule has 0 heterocycles. The summed E-state index contributed by atoms with van der Waals surface area (Å²) in [5, 5.41) is 22.8. The Hall–Kier alpha value is -4.49. The average Bonchev–Trinajstić information content (AvgIpc) is 2.79. The Bertz CT molecular complexity index is 1390. The van der Waals surface area contributed by atoms with Gasteiger partial charge in [-0.3, -0.25) is 14.9 Å². The summed E-state index contributed by atoms with van der Waals surface area (Å²) >= 11 is 0. The maximum atomic E-state index is 12.5. The van der Waals surface area contributed by atoms with E-state index >= 15 is 0 Å². The van der Waals surface area contributed by atoms with Gasteiger partial charge < -0.3 is 9.50 Å². The highest BCUT2D eigenvalue weighted by molar-refractivity contribution is 7.87. The second-order valence-electron chi connectivity index (χ2n) is 6.80. The molecule has 3 rings (SSSR count). The number of nitriles is 1. The molecule has 0 aliphatic carbocycles. The van der Waals surface area contributed by atoms with Crippen LogP contribution in [0.5, 0.6) is 5.75 Å². The van der Waals surface area contributed by atoms with Crippen molar-refractivity contribution in [1.82, 2.24) is 0 Å². The number of hydrogen-bond donors (Lipinski definition) is 1. The highest BCUT2D eigenvalue weighted by atomic mass is 32.2. The van der Waals surface area contributed by atoms with Gasteiger partial charge in [0.05, 0.1) is 4.92 Å². The Balaban J connectivity index is 1.81. The smallest absolute Gasteiger partial charge is 0.339 e. The highest BCUT2D eigenvalue weighted by Crippen LogP contribution is 2.23. The Morgan fingerprint density at radius 1 is 1.09 bits per heavy atom. The van der Waals surface area contributed by atoms with Crippen LogP contribution in [-0.4, -0.2) is 19.2 Å². The zero-order chi connectivity index (χ0) is 24.0. The topological polar surface area (TPSA) is 139 Å². The van der Waals surface area contributed by atoms with E-state index in [2.05, 4.69) is 5.32 Å². The third kappa shape index (κ3) is 5.81. The molecule has 1 amide bonds. The highest BCUT2D eigenvalue weighted by Gasteiger charge is 2.18. The van der Waals surface area contributed by atoms with Crippen molar-refractivity contribution in [2.45, 2.75) is 11.8 Å². The monoisotopic (exact) mass is 463 g/mol. The van der Waals surface area contributed by atoms with Crippen LogP contribution >= 0.6 is 0 Å². The zero-order valence-electron chi connectivity index (χ0n) is 17.3. The minimum atomic E-state index is -4.26. The molecule has 1 N–H and O–H groups in total. The number of nitro groups is 1. The predicted molar refractivity (Wildman–Crippen MR) is 121 cm³/mol. The normalized spacial score (nSPS) is 11.3. The quantitative estimate of drug-likeness (QED) is 0.182. The van der Waals surface area contributed by atoms with Gasteiger partial charge in [0.25, 0.3) is 11.6 Å². The van der Waals surface area contributed by atoms with E-state index in [1.54, 1.807) is 18.2 Å². The van der Waals surface area contributed by atoms with E-state index in [-0.39, 0.29) is 21.9 Å². The van der Waals surface area contributed by atoms with Gasteiger partial charge >= 0.3 is 10.1 Å². The lowest BCUT2D eigenvalue weighted by Crippen LogP contribution is -2.14. The number of aryl methyl sites for hydroxylation is 1. The third-order valence-electron chi connectivity index (χ3n) is 4.47. The standard InChI is InChI=1S/C23H17N3O6S/c1-16-5-2-3-8-22(16)25-23(27)18(15-24)13-17-6-4-7-20(14-17)32-33(30,31)21-11-9-19(10-12-21)26(28)29/h2-14H,1H3,(H,25,27)/b18-13+. The first-order valence-electron chi connectivity index (χ1n) is 9.47. The van der Waals surface area contributed by atoms with E-state index in [0.717, 1.165) is 29.8 Å². The van der Waals surface area contributed by atoms with E-state index in [9.17, 15) is 28.6 Å². The molecule has 0 unspecified atom stereocenters. The summed E-state index contributed by atoms with van der Waals surface area (Å²) in [6, 6.07) is 19.0. The van der Waals surface area contributed by atoms with Crippen molar-refractivity contribution in [1.29, 1.82) is 5.26 Å². The molecular weight excluding hydrogens is 446 g/mol. The van der Waals surface area contributed by atoms with Crippen molar-refractivity contribution in [3.05, 3.63) is 99.6 Å². The van der Waals surface area contributed by atoms with Gasteiger partial charge in [-0.15, -0.1) is 0 Å². The Labute approximate surface area is 189 Å². The Morgan fingerprint density at radius 3 is 2.42 bits per heavy atom. The van der Waals surface area contributed by atoms with E-state index in [4.69, 9.17) is 4.18 Å². The van der Waals surface area contributed by atoms with Gasteiger partial charge in [0.2, 0.25) is 0 Å². The van der Waals surface area contributed by atoms with Crippen LogP contribution in [0.4, 0.5) is 11.4 Å². The predicted octanol–water partition coefficient (Wildman–Crippen LogP) is 4.22. The molecule has 0 saturated heterocycles. The molecule has 0 radical (unpaired) electrons. The molecule has 0 atom stereocenters. The second-order valence-corrected chi connectivity index (χ2v) is 8.35. The van der Waals surface area contributed by atoms with Gasteiger partial charge in [0.15, 0.2) is 0 Å². The molecule has 0 spiro atoms. The molecule has 0 aliphatic heterocycles. The number of nitrogens with zero attached hydrogens (tertiary/aromatic N) is 2. The van der Waals surface area contributed by atoms with Crippen LogP contribution < -0.4 is 9.50 Å². The molecule has 0 aromatic heterocycles. The summed E-state index contributed by atoms with van der Waals surface area (Å²) in [6.07, 6.45) is 1.30. The van der Waals surface area contributed by atoms with Crippen LogP contribution in [0.1, 0.15) is 11.1 Å². The minimum absolute atomic E-state index is 0.0568. The Kier molecular flexibility index (Phi) is 6.85. The third-order valence-corrected chi connectivity index (χ3v) is 5.73. The lowest BCUT2D eigenvalue weighted by molar-refractivity contribution is -0.384. The summed E-state index contributed by atoms with van der Waals surface area (Å²) in [6.45, 7) is 1.82. The van der Waals surface area contributed by atoms with Crippen molar-refractivity contribution in [2.75, 3.05) is 5.32 Å². The fraction of sp³-hybridized carbons (Fsp3) is 0.0435. The van der Waals surface area contributed by atoms with Crippen molar-refractivity contribution < 1.29 is 22.3 Å². The van der Waals surface area contributed by atoms with Gasteiger partial charge in [-0.2, -0.15) is 13.7 Å². The van der Waals surface area contributed by atoms with Gasteiger partial charge in [-0.25, -0.2) is 0 Å². The summed E-state index contributed by atoms with van der Waals surface area (Å²) in [5.74, 6) is -0.671. The van der Waals surface area contributed by atoms with Crippen molar-refractivity contribution >= 4 is 33.5 Å². The second kappa shape index (κ2) is 9.76. The molecule has 0 aliphatic rings. The first-order valence-corrected chi connectivity index (χ1v) is 10.9. The van der Waals surface area contributed by atoms with Crippen LogP contribution in [-0.2, 0) is 14.9 Å². The van der Waals surface area contributed by atoms with Crippen LogP contribution in [0, 0.1) is 28.4 Å². The van der Waals surface area contributed by atoms with E-state index in [1.165, 1.54) is 24.3 Å². The molecule has 3 aromatic carbocycles. The van der Waals surface area contributed by atoms with Gasteiger partial charge in [-0.1, -0.05) is 30.3 Å². The van der Waals surface area contributed by atoms with Crippen LogP contribution in [0.15, 0.2) is 83.3 Å². The van der Waals surface area contributed by atoms with Crippen LogP contribution in [0.3, 0.4) is 0 Å². The molecule has 166 valence electrons. The molecule has 9 nitrogen and oxygen atoms in total. The molecular formula is C23H17N3O6S. The minimum Gasteiger partial charge on any atom is -0.379 e. The molecule has 0 saturated carbocycles. The number of amides is 1. The number of carbonyl (C=O) groups excluding carboxylic acids is 1. The van der Waals surface area contributed by atoms with Gasteiger partial charge in [0.1, 0.15) is 22.3 Å². The SMILES string of the molecule is Cc1ccccc1NC(=O)/C(C#N)=C/c1cccc(OS(=O)(=O)c2ccc([N+](=O)[O-])cc2)c1. The van der Waals surface area contributed by atoms with Crippen LogP contribution in [0.25, 0.3) is 6.08 Å². The fourth-order valence-electron chi connectivity index (χ4n) is 2.78. The number of hydrogen-bond acceptors (Lipinski definition) is 7. The van der Waals surface area contributed by atoms with E-state index in [0.29, 0.717) is 11.3 Å². The number of benzene rings is 3. The van der Waals surface area contributed by atoms with Crippen molar-refractivity contribution in [2.24, 2.45) is 0 Å². The maximum Gasteiger partial charge on any atom is 0.339 e. The lowest BCUT2D eigenvalue weighted by Gasteiger charge is -2.08. The van der Waals surface area contributed by atoms with Gasteiger partial charge in [-0.05, 0) is 54.5 Å². The first-order chi connectivity index (χ1) is 15.7. The average molecular weight is 463 g/mol. The molecule has 0 bridgehead atoms. The molecule has 33 heavy (non-hydrogen) atoms. The van der Waals surface area contributed by atoms with E-state index in [1.807, 2.05) is 25.1 Å².